The van der Waals surface area contributed by atoms with Crippen molar-refractivity contribution >= 4 is 39.2 Å². The van der Waals surface area contributed by atoms with Gasteiger partial charge in [0.1, 0.15) is 5.82 Å². The van der Waals surface area contributed by atoms with Gasteiger partial charge >= 0.3 is 0 Å². The SMILES string of the molecule is CNC(=O)c1ccc(NCCC(=O)Nc2cc(Br)ccc2C)nn1. The number of halogens is 1. The van der Waals surface area contributed by atoms with Crippen molar-refractivity contribution in [2.45, 2.75) is 13.3 Å². The molecule has 8 heteroatoms. The summed E-state index contributed by atoms with van der Waals surface area (Å²) in [6.07, 6.45) is 0.283. The summed E-state index contributed by atoms with van der Waals surface area (Å²) < 4.78 is 0.910. The highest BCUT2D eigenvalue weighted by atomic mass is 79.9. The van der Waals surface area contributed by atoms with Crippen molar-refractivity contribution in [3.63, 3.8) is 0 Å². The van der Waals surface area contributed by atoms with Crippen LogP contribution in [0.25, 0.3) is 0 Å². The van der Waals surface area contributed by atoms with Crippen LogP contribution in [0.15, 0.2) is 34.8 Å². The van der Waals surface area contributed by atoms with Gasteiger partial charge in [0, 0.05) is 30.2 Å². The van der Waals surface area contributed by atoms with Crippen LogP contribution in [0.2, 0.25) is 0 Å². The quantitative estimate of drug-likeness (QED) is 0.702. The number of benzene rings is 1. The van der Waals surface area contributed by atoms with E-state index in [4.69, 9.17) is 0 Å². The molecule has 7 nitrogen and oxygen atoms in total. The predicted octanol–water partition coefficient (Wildman–Crippen LogP) is 2.35. The Morgan fingerprint density at radius 1 is 1.17 bits per heavy atom. The van der Waals surface area contributed by atoms with Gasteiger partial charge in [-0.15, -0.1) is 10.2 Å². The molecule has 2 rings (SSSR count). The number of nitrogens with one attached hydrogen (secondary N) is 3. The predicted molar refractivity (Wildman–Crippen MR) is 96.0 cm³/mol. The molecule has 0 radical (unpaired) electrons. The molecule has 126 valence electrons. The van der Waals surface area contributed by atoms with Crippen molar-refractivity contribution < 1.29 is 9.59 Å². The molecule has 1 heterocycles. The zero-order valence-electron chi connectivity index (χ0n) is 13.4. The number of carbonyl (C=O) groups excluding carboxylic acids is 2. The van der Waals surface area contributed by atoms with E-state index in [1.807, 2.05) is 25.1 Å². The number of rotatable bonds is 6. The molecule has 0 aliphatic rings. The monoisotopic (exact) mass is 391 g/mol. The maximum atomic E-state index is 12.0. The van der Waals surface area contributed by atoms with Gasteiger partial charge in [-0.2, -0.15) is 0 Å². The van der Waals surface area contributed by atoms with Gasteiger partial charge in [0.25, 0.3) is 5.91 Å². The van der Waals surface area contributed by atoms with Crippen molar-refractivity contribution in [2.75, 3.05) is 24.2 Å². The maximum Gasteiger partial charge on any atom is 0.271 e. The largest absolute Gasteiger partial charge is 0.368 e. The number of nitrogens with zero attached hydrogens (tertiary/aromatic N) is 2. The summed E-state index contributed by atoms with van der Waals surface area (Å²) >= 11 is 3.38. The molecule has 0 unspecified atom stereocenters. The van der Waals surface area contributed by atoms with E-state index in [0.29, 0.717) is 12.4 Å². The number of carbonyl (C=O) groups is 2. The summed E-state index contributed by atoms with van der Waals surface area (Å²) in [5, 5.41) is 16.0. The number of hydrogen-bond acceptors (Lipinski definition) is 5. The first-order chi connectivity index (χ1) is 11.5. The van der Waals surface area contributed by atoms with E-state index >= 15 is 0 Å². The first-order valence-electron chi connectivity index (χ1n) is 7.35. The number of hydrogen-bond donors (Lipinski definition) is 3. The Balaban J connectivity index is 1.82. The summed E-state index contributed by atoms with van der Waals surface area (Å²) in [7, 11) is 1.53. The number of aromatic nitrogens is 2. The smallest absolute Gasteiger partial charge is 0.271 e. The third-order valence-electron chi connectivity index (χ3n) is 3.26. The zero-order valence-corrected chi connectivity index (χ0v) is 15.0. The fraction of sp³-hybridized carbons (Fsp3) is 0.250. The van der Waals surface area contributed by atoms with Gasteiger partial charge in [-0.1, -0.05) is 22.0 Å². The molecule has 0 fully saturated rings. The second-order valence-electron chi connectivity index (χ2n) is 5.07. The van der Waals surface area contributed by atoms with Crippen LogP contribution in [-0.4, -0.2) is 35.6 Å². The lowest BCUT2D eigenvalue weighted by atomic mass is 10.2. The van der Waals surface area contributed by atoms with Crippen molar-refractivity contribution in [1.29, 1.82) is 0 Å². The number of aryl methyl sites for hydroxylation is 1. The molecule has 2 aromatic rings. The number of amides is 2. The van der Waals surface area contributed by atoms with Crippen LogP contribution in [0.4, 0.5) is 11.5 Å². The molecule has 0 bridgehead atoms. The summed E-state index contributed by atoms with van der Waals surface area (Å²) in [5.41, 5.74) is 2.02. The molecule has 0 aliphatic heterocycles. The average Bonchev–Trinajstić information content (AvgIpc) is 2.58. The van der Waals surface area contributed by atoms with Crippen LogP contribution in [0.1, 0.15) is 22.5 Å². The molecule has 0 atom stereocenters. The zero-order chi connectivity index (χ0) is 17.5. The van der Waals surface area contributed by atoms with E-state index in [2.05, 4.69) is 42.1 Å². The maximum absolute atomic E-state index is 12.0. The van der Waals surface area contributed by atoms with Gasteiger partial charge in [0.15, 0.2) is 5.69 Å². The third kappa shape index (κ3) is 5.02. The molecule has 3 N–H and O–H groups in total. The van der Waals surface area contributed by atoms with E-state index in [0.717, 1.165) is 15.7 Å². The summed E-state index contributed by atoms with van der Waals surface area (Å²) in [6, 6.07) is 8.94. The van der Waals surface area contributed by atoms with Gasteiger partial charge in [0.05, 0.1) is 0 Å². The van der Waals surface area contributed by atoms with E-state index in [1.165, 1.54) is 7.05 Å². The highest BCUT2D eigenvalue weighted by Gasteiger charge is 2.07. The van der Waals surface area contributed by atoms with Crippen molar-refractivity contribution in [3.05, 3.63) is 46.1 Å². The average molecular weight is 392 g/mol. The molecule has 1 aromatic carbocycles. The molecule has 0 spiro atoms. The van der Waals surface area contributed by atoms with Crippen LogP contribution in [0.5, 0.6) is 0 Å². The molecular weight excluding hydrogens is 374 g/mol. The fourth-order valence-corrected chi connectivity index (χ4v) is 2.28. The molecular formula is C16H18BrN5O2. The molecule has 2 amide bonds. The topological polar surface area (TPSA) is 96.0 Å². The Morgan fingerprint density at radius 2 is 1.96 bits per heavy atom. The summed E-state index contributed by atoms with van der Waals surface area (Å²) in [4.78, 5) is 23.4. The third-order valence-corrected chi connectivity index (χ3v) is 3.75. The summed E-state index contributed by atoms with van der Waals surface area (Å²) in [5.74, 6) is 0.116. The minimum Gasteiger partial charge on any atom is -0.368 e. The molecule has 0 saturated carbocycles. The van der Waals surface area contributed by atoms with Gasteiger partial charge in [-0.05, 0) is 36.8 Å². The minimum atomic E-state index is -0.294. The van der Waals surface area contributed by atoms with Crippen molar-refractivity contribution in [3.8, 4) is 0 Å². The van der Waals surface area contributed by atoms with Crippen LogP contribution in [-0.2, 0) is 4.79 Å². The van der Waals surface area contributed by atoms with Crippen molar-refractivity contribution in [1.82, 2.24) is 15.5 Å². The van der Waals surface area contributed by atoms with Crippen LogP contribution in [0, 0.1) is 6.92 Å². The van der Waals surface area contributed by atoms with Gasteiger partial charge in [0.2, 0.25) is 5.91 Å². The lowest BCUT2D eigenvalue weighted by Gasteiger charge is -2.09. The van der Waals surface area contributed by atoms with Crippen LogP contribution in [0.3, 0.4) is 0 Å². The Bertz CT molecular complexity index is 734. The normalized spacial score (nSPS) is 10.1. The number of anilines is 2. The standard InChI is InChI=1S/C16H18BrN5O2/c1-10-3-4-11(17)9-13(10)20-15(23)7-8-19-14-6-5-12(21-22-14)16(24)18-2/h3-6,9H,7-8H2,1-2H3,(H,18,24)(H,19,22)(H,20,23). The highest BCUT2D eigenvalue weighted by molar-refractivity contribution is 9.10. The second kappa shape index (κ2) is 8.39. The van der Waals surface area contributed by atoms with Gasteiger partial charge in [-0.3, -0.25) is 9.59 Å². The first kappa shape index (κ1) is 17.9. The lowest BCUT2D eigenvalue weighted by molar-refractivity contribution is -0.115. The molecule has 0 saturated heterocycles. The second-order valence-corrected chi connectivity index (χ2v) is 5.98. The van der Waals surface area contributed by atoms with E-state index in [9.17, 15) is 9.59 Å². The first-order valence-corrected chi connectivity index (χ1v) is 8.14. The Kier molecular flexibility index (Phi) is 6.25. The Labute approximate surface area is 148 Å². The molecule has 1 aromatic heterocycles. The van der Waals surface area contributed by atoms with E-state index < -0.39 is 0 Å². The van der Waals surface area contributed by atoms with E-state index in [1.54, 1.807) is 12.1 Å². The van der Waals surface area contributed by atoms with Crippen LogP contribution >= 0.6 is 15.9 Å². The van der Waals surface area contributed by atoms with Gasteiger partial charge < -0.3 is 16.0 Å². The minimum absolute atomic E-state index is 0.0985. The molecule has 24 heavy (non-hydrogen) atoms. The van der Waals surface area contributed by atoms with Gasteiger partial charge in [-0.25, -0.2) is 0 Å². The molecule has 0 aliphatic carbocycles. The fourth-order valence-electron chi connectivity index (χ4n) is 1.92. The van der Waals surface area contributed by atoms with Crippen LogP contribution < -0.4 is 16.0 Å². The summed E-state index contributed by atoms with van der Waals surface area (Å²) in [6.45, 7) is 2.34. The van der Waals surface area contributed by atoms with Crippen molar-refractivity contribution in [2.24, 2.45) is 0 Å². The Morgan fingerprint density at radius 3 is 2.62 bits per heavy atom. The lowest BCUT2D eigenvalue weighted by Crippen LogP contribution is -2.20. The Hall–Kier alpha value is -2.48. The highest BCUT2D eigenvalue weighted by Crippen LogP contribution is 2.20. The van der Waals surface area contributed by atoms with E-state index in [-0.39, 0.29) is 23.9 Å².